The van der Waals surface area contributed by atoms with E-state index < -0.39 is 0 Å². The molecule has 5 heteroatoms. The molecule has 0 saturated carbocycles. The van der Waals surface area contributed by atoms with E-state index >= 15 is 0 Å². The lowest BCUT2D eigenvalue weighted by molar-refractivity contribution is -0.129. The normalized spacial score (nSPS) is 19.8. The van der Waals surface area contributed by atoms with Crippen molar-refractivity contribution in [3.8, 4) is 0 Å². The monoisotopic (exact) mass is 293 g/mol. The topological polar surface area (TPSA) is 29.5 Å². The van der Waals surface area contributed by atoms with Gasteiger partial charge in [-0.3, -0.25) is 4.79 Å². The number of rotatable bonds is 8. The van der Waals surface area contributed by atoms with Gasteiger partial charge >= 0.3 is 0 Å². The predicted molar refractivity (Wildman–Crippen MR) is 84.8 cm³/mol. The minimum Gasteiger partial charge on any atom is -0.374 e. The average molecular weight is 293 g/mol. The van der Waals surface area contributed by atoms with Crippen molar-refractivity contribution in [1.82, 2.24) is 4.90 Å². The van der Waals surface area contributed by atoms with Crippen LogP contribution in [0.4, 0.5) is 0 Å². The Morgan fingerprint density at radius 3 is 3.15 bits per heavy atom. The zero-order valence-electron chi connectivity index (χ0n) is 13.3. The number of hydrogen-bond donors (Lipinski definition) is 0. The molecule has 109 valence electrons. The van der Waals surface area contributed by atoms with Crippen LogP contribution in [0.25, 0.3) is 0 Å². The van der Waals surface area contributed by atoms with E-state index in [9.17, 15) is 4.79 Å². The molecular formula is C15H23BNO2S. The second kappa shape index (κ2) is 7.27. The fourth-order valence-corrected chi connectivity index (χ4v) is 3.44. The van der Waals surface area contributed by atoms with Crippen LogP contribution in [-0.2, 0) is 16.1 Å². The van der Waals surface area contributed by atoms with Gasteiger partial charge in [0.05, 0.1) is 27.1 Å². The fourth-order valence-electron chi connectivity index (χ4n) is 2.49. The molecular weight excluding hydrogens is 269 g/mol. The van der Waals surface area contributed by atoms with Crippen LogP contribution in [0.1, 0.15) is 42.4 Å². The maximum Gasteiger partial charge on any atom is 0.222 e. The van der Waals surface area contributed by atoms with E-state index in [0.717, 1.165) is 6.42 Å². The first-order chi connectivity index (χ1) is 10.1. The molecule has 0 bridgehead atoms. The van der Waals surface area contributed by atoms with E-state index in [1.54, 1.807) is 11.3 Å². The van der Waals surface area contributed by atoms with Gasteiger partial charge in [0, 0.05) is 22.7 Å². The molecule has 2 rings (SSSR count). The Hall–Kier alpha value is -0.805. The summed E-state index contributed by atoms with van der Waals surface area (Å²) in [5.41, 5.74) is 0. The highest BCUT2D eigenvalue weighted by Crippen LogP contribution is 2.25. The van der Waals surface area contributed by atoms with Gasteiger partial charge in [0.15, 0.2) is 0 Å². The molecule has 1 aromatic rings. The minimum atomic E-state index is 0.182. The summed E-state index contributed by atoms with van der Waals surface area (Å²) in [6.45, 7) is 6.26. The first-order valence-corrected chi connectivity index (χ1v) is 8.09. The Balaban J connectivity index is 1.77. The summed E-state index contributed by atoms with van der Waals surface area (Å²) in [6.07, 6.45) is 2.12. The second-order valence-corrected chi connectivity index (χ2v) is 6.74. The Kier molecular flexibility index (Phi) is 5.14. The van der Waals surface area contributed by atoms with Crippen LogP contribution >= 0.6 is 11.3 Å². The zero-order chi connectivity index (χ0) is 15.2. The molecule has 20 heavy (non-hydrogen) atoms. The summed E-state index contributed by atoms with van der Waals surface area (Å²) >= 11 is 1.80. The van der Waals surface area contributed by atoms with Crippen molar-refractivity contribution in [3.63, 3.8) is 0 Å². The first kappa shape index (κ1) is 14.1. The Morgan fingerprint density at radius 1 is 1.60 bits per heavy atom. The van der Waals surface area contributed by atoms with Crippen LogP contribution in [0.5, 0.6) is 0 Å². The summed E-state index contributed by atoms with van der Waals surface area (Å²) in [7, 11) is 1.36. The number of carbonyl (C=O) groups excluding carboxylic acids is 1. The number of ether oxygens (including phenoxy) is 1. The van der Waals surface area contributed by atoms with E-state index in [1.807, 2.05) is 4.90 Å². The van der Waals surface area contributed by atoms with Gasteiger partial charge in [-0.25, -0.2) is 0 Å². The number of nitrogens with zero attached hydrogens (tertiary/aromatic N) is 1. The van der Waals surface area contributed by atoms with Crippen molar-refractivity contribution < 1.29 is 9.53 Å². The zero-order valence-corrected chi connectivity index (χ0v) is 13.1. The molecule has 0 spiro atoms. The number of amides is 1. The lowest BCUT2D eigenvalue weighted by Gasteiger charge is -2.24. The molecule has 3 nitrogen and oxygen atoms in total. The van der Waals surface area contributed by atoms with E-state index in [1.165, 1.54) is 17.6 Å². The van der Waals surface area contributed by atoms with Gasteiger partial charge in [0.25, 0.3) is 0 Å². The van der Waals surface area contributed by atoms with Crippen LogP contribution in [-0.4, -0.2) is 39.1 Å². The Bertz CT molecular complexity index is 466. The third-order valence-electron chi connectivity index (χ3n) is 3.63. The maximum atomic E-state index is 11.8. The van der Waals surface area contributed by atoms with Crippen molar-refractivity contribution in [2.24, 2.45) is 0 Å². The van der Waals surface area contributed by atoms with Gasteiger partial charge < -0.3 is 9.64 Å². The largest absolute Gasteiger partial charge is 0.374 e. The van der Waals surface area contributed by atoms with E-state index in [4.69, 9.17) is 6.07 Å². The molecule has 1 fully saturated rings. The molecule has 1 unspecified atom stereocenters. The standard InChI is InChI=1S/C15H23BNO2S/c1-11(2)14-5-4-13(20-14)10-19-9-12-3-6-15(18)17(12)8-7-16/h4-5,11-12,16H,3,6-10H2,1-2H3/i16D. The number of thiophene rings is 1. The van der Waals surface area contributed by atoms with Gasteiger partial charge in [-0.1, -0.05) is 20.2 Å². The molecule has 1 aromatic heterocycles. The first-order valence-electron chi connectivity index (χ1n) is 7.85. The molecule has 0 aromatic carbocycles. The van der Waals surface area contributed by atoms with Crippen molar-refractivity contribution in [2.75, 3.05) is 13.2 Å². The molecule has 2 heterocycles. The number of carbonyl (C=O) groups is 1. The van der Waals surface area contributed by atoms with Gasteiger partial charge in [-0.05, 0) is 25.8 Å². The van der Waals surface area contributed by atoms with Crippen molar-refractivity contribution in [1.29, 1.82) is 1.34 Å². The van der Waals surface area contributed by atoms with Crippen molar-refractivity contribution in [3.05, 3.63) is 21.9 Å². The SMILES string of the molecule is [2H][B]CCN1C(=O)CCC1COCc1ccc(C(C)C)s1. The van der Waals surface area contributed by atoms with Crippen LogP contribution < -0.4 is 0 Å². The molecule has 0 aliphatic carbocycles. The molecule has 1 aliphatic rings. The quantitative estimate of drug-likeness (QED) is 0.690. The summed E-state index contributed by atoms with van der Waals surface area (Å²) in [5, 5.41) is 0. The lowest BCUT2D eigenvalue weighted by Crippen LogP contribution is -2.36. The van der Waals surface area contributed by atoms with Crippen LogP contribution in [0.15, 0.2) is 12.1 Å². The highest BCUT2D eigenvalue weighted by Gasteiger charge is 2.29. The maximum absolute atomic E-state index is 11.8. The molecule has 1 amide bonds. The second-order valence-electron chi connectivity index (χ2n) is 5.54. The van der Waals surface area contributed by atoms with Crippen LogP contribution in [0, 0.1) is 0 Å². The van der Waals surface area contributed by atoms with Gasteiger partial charge in [0.2, 0.25) is 5.91 Å². The third-order valence-corrected chi connectivity index (χ3v) is 4.99. The number of likely N-dealkylation sites (tertiary alicyclic amines) is 1. The molecule has 1 saturated heterocycles. The highest BCUT2D eigenvalue weighted by atomic mass is 32.1. The van der Waals surface area contributed by atoms with Crippen molar-refractivity contribution in [2.45, 2.75) is 51.6 Å². The smallest absolute Gasteiger partial charge is 0.222 e. The fraction of sp³-hybridized carbons (Fsp3) is 0.667. The third kappa shape index (κ3) is 3.86. The van der Waals surface area contributed by atoms with Crippen LogP contribution in [0.2, 0.25) is 6.32 Å². The van der Waals surface area contributed by atoms with Crippen LogP contribution in [0.3, 0.4) is 0 Å². The predicted octanol–water partition coefficient (Wildman–Crippen LogP) is 2.70. The highest BCUT2D eigenvalue weighted by molar-refractivity contribution is 7.12. The summed E-state index contributed by atoms with van der Waals surface area (Å²) in [6, 6.07) is 4.48. The Morgan fingerprint density at radius 2 is 2.45 bits per heavy atom. The van der Waals surface area contributed by atoms with E-state index in [0.29, 0.717) is 38.4 Å². The van der Waals surface area contributed by atoms with E-state index in [-0.39, 0.29) is 11.9 Å². The summed E-state index contributed by atoms with van der Waals surface area (Å²) in [4.78, 5) is 16.3. The average Bonchev–Trinajstić information content (AvgIpc) is 3.05. The molecule has 1 atom stereocenters. The molecule has 1 radical (unpaired) electrons. The van der Waals surface area contributed by atoms with Gasteiger partial charge in [-0.15, -0.1) is 11.3 Å². The Labute approximate surface area is 128 Å². The summed E-state index contributed by atoms with van der Waals surface area (Å²) in [5.74, 6) is 0.761. The van der Waals surface area contributed by atoms with Gasteiger partial charge in [0.1, 0.15) is 0 Å². The minimum absolute atomic E-state index is 0.182. The lowest BCUT2D eigenvalue weighted by atomic mass is 10.0. The number of hydrogen-bond acceptors (Lipinski definition) is 3. The molecule has 1 aliphatic heterocycles. The van der Waals surface area contributed by atoms with E-state index in [2.05, 4.69) is 26.0 Å². The van der Waals surface area contributed by atoms with Crippen molar-refractivity contribution >= 4 is 25.1 Å². The van der Waals surface area contributed by atoms with Gasteiger partial charge in [-0.2, -0.15) is 0 Å². The summed E-state index contributed by atoms with van der Waals surface area (Å²) < 4.78 is 12.9. The molecule has 0 N–H and O–H groups in total.